The van der Waals surface area contributed by atoms with Gasteiger partial charge in [-0.1, -0.05) is 15.9 Å². The van der Waals surface area contributed by atoms with E-state index in [0.29, 0.717) is 18.4 Å². The van der Waals surface area contributed by atoms with Crippen molar-refractivity contribution in [2.45, 2.75) is 24.0 Å². The fourth-order valence-electron chi connectivity index (χ4n) is 2.04. The predicted molar refractivity (Wildman–Crippen MR) is 73.3 cm³/mol. The molecule has 0 saturated carbocycles. The zero-order valence-corrected chi connectivity index (χ0v) is 12.8. The summed E-state index contributed by atoms with van der Waals surface area (Å²) in [6, 6.07) is 4.87. The molecular formula is C12H15BrFNO3S. The van der Waals surface area contributed by atoms with Gasteiger partial charge in [-0.3, -0.25) is 0 Å². The molecule has 2 atom stereocenters. The van der Waals surface area contributed by atoms with Crippen LogP contribution in [-0.2, 0) is 14.8 Å². The van der Waals surface area contributed by atoms with Crippen LogP contribution in [-0.4, -0.2) is 43.4 Å². The number of rotatable bonds is 3. The third-order valence-corrected chi connectivity index (χ3v) is 5.48. The summed E-state index contributed by atoms with van der Waals surface area (Å²) in [6.07, 6.45) is -0.328. The topological polar surface area (TPSA) is 46.6 Å². The van der Waals surface area contributed by atoms with Crippen LogP contribution >= 0.6 is 15.9 Å². The highest BCUT2D eigenvalue weighted by atomic mass is 79.9. The third kappa shape index (κ3) is 3.34. The van der Waals surface area contributed by atoms with E-state index in [2.05, 4.69) is 15.9 Å². The number of benzene rings is 1. The van der Waals surface area contributed by atoms with Gasteiger partial charge in [0.15, 0.2) is 0 Å². The number of halogens is 2. The van der Waals surface area contributed by atoms with Crippen molar-refractivity contribution >= 4 is 26.0 Å². The molecule has 0 spiro atoms. The molecule has 1 aliphatic rings. The predicted octanol–water partition coefficient (Wildman–Crippen LogP) is 2.00. The van der Waals surface area contributed by atoms with E-state index >= 15 is 0 Å². The molecule has 106 valence electrons. The standard InChI is InChI=1S/C12H15BrFNO3S/c1-9-7-15(8-11(6-13)18-9)19(16,17)12-4-2-10(14)3-5-12/h2-5,9,11H,6-8H2,1H3. The number of ether oxygens (including phenoxy) is 1. The van der Waals surface area contributed by atoms with Crippen LogP contribution in [0.3, 0.4) is 0 Å². The monoisotopic (exact) mass is 351 g/mol. The molecule has 0 radical (unpaired) electrons. The SMILES string of the molecule is CC1CN(S(=O)(=O)c2ccc(F)cc2)CC(CBr)O1. The minimum atomic E-state index is -3.59. The van der Waals surface area contributed by atoms with Crippen molar-refractivity contribution in [1.82, 2.24) is 4.31 Å². The number of alkyl halides is 1. The second-order valence-electron chi connectivity index (χ2n) is 4.50. The quantitative estimate of drug-likeness (QED) is 0.782. The van der Waals surface area contributed by atoms with Crippen LogP contribution in [0.25, 0.3) is 0 Å². The molecule has 1 aliphatic heterocycles. The molecule has 0 aromatic heterocycles. The molecule has 0 bridgehead atoms. The maximum absolute atomic E-state index is 12.9. The summed E-state index contributed by atoms with van der Waals surface area (Å²) in [6.45, 7) is 2.44. The highest BCUT2D eigenvalue weighted by Crippen LogP contribution is 2.22. The van der Waals surface area contributed by atoms with Crippen molar-refractivity contribution in [3.63, 3.8) is 0 Å². The molecule has 7 heteroatoms. The number of nitrogens with zero attached hydrogens (tertiary/aromatic N) is 1. The summed E-state index contributed by atoms with van der Waals surface area (Å²) in [5, 5.41) is 0.576. The Hall–Kier alpha value is -0.500. The Kier molecular flexibility index (Phi) is 4.60. The first-order valence-electron chi connectivity index (χ1n) is 5.90. The third-order valence-electron chi connectivity index (χ3n) is 2.92. The molecule has 1 fully saturated rings. The molecule has 4 nitrogen and oxygen atoms in total. The lowest BCUT2D eigenvalue weighted by molar-refractivity contribution is -0.0411. The summed E-state index contributed by atoms with van der Waals surface area (Å²) in [7, 11) is -3.59. The normalized spacial score (nSPS) is 25.4. The molecular weight excluding hydrogens is 337 g/mol. The average Bonchev–Trinajstić information content (AvgIpc) is 2.38. The fourth-order valence-corrected chi connectivity index (χ4v) is 3.94. The fraction of sp³-hybridized carbons (Fsp3) is 0.500. The first kappa shape index (κ1) is 14.9. The van der Waals surface area contributed by atoms with Crippen LogP contribution in [0.1, 0.15) is 6.92 Å². The van der Waals surface area contributed by atoms with Crippen LogP contribution in [0.2, 0.25) is 0 Å². The molecule has 2 rings (SSSR count). The average molecular weight is 352 g/mol. The molecule has 0 amide bonds. The van der Waals surface area contributed by atoms with E-state index in [4.69, 9.17) is 4.74 Å². The summed E-state index contributed by atoms with van der Waals surface area (Å²) in [5.41, 5.74) is 0. The van der Waals surface area contributed by atoms with Crippen LogP contribution in [0.4, 0.5) is 4.39 Å². The van der Waals surface area contributed by atoms with E-state index in [-0.39, 0.29) is 17.1 Å². The van der Waals surface area contributed by atoms with Crippen LogP contribution in [0, 0.1) is 5.82 Å². The van der Waals surface area contributed by atoms with Gasteiger partial charge in [0, 0.05) is 18.4 Å². The smallest absolute Gasteiger partial charge is 0.243 e. The minimum absolute atomic E-state index is 0.108. The van der Waals surface area contributed by atoms with Crippen LogP contribution in [0.15, 0.2) is 29.2 Å². The van der Waals surface area contributed by atoms with Crippen molar-refractivity contribution in [1.29, 1.82) is 0 Å². The van der Waals surface area contributed by atoms with Gasteiger partial charge in [0.1, 0.15) is 5.82 Å². The first-order valence-corrected chi connectivity index (χ1v) is 8.47. The minimum Gasteiger partial charge on any atom is -0.372 e. The van der Waals surface area contributed by atoms with Gasteiger partial charge >= 0.3 is 0 Å². The number of sulfonamides is 1. The number of hydrogen-bond acceptors (Lipinski definition) is 3. The molecule has 1 aromatic carbocycles. The molecule has 1 aromatic rings. The van der Waals surface area contributed by atoms with Crippen molar-refractivity contribution in [2.75, 3.05) is 18.4 Å². The second-order valence-corrected chi connectivity index (χ2v) is 7.08. The molecule has 0 aliphatic carbocycles. The maximum atomic E-state index is 12.9. The second kappa shape index (κ2) is 5.87. The summed E-state index contributed by atoms with van der Waals surface area (Å²) in [5.74, 6) is -0.451. The van der Waals surface area contributed by atoms with E-state index in [1.54, 1.807) is 0 Å². The molecule has 19 heavy (non-hydrogen) atoms. The van der Waals surface area contributed by atoms with E-state index < -0.39 is 15.8 Å². The Labute approximate surface area is 120 Å². The Balaban J connectivity index is 2.26. The molecule has 1 heterocycles. The van der Waals surface area contributed by atoms with Crippen LogP contribution in [0.5, 0.6) is 0 Å². The van der Waals surface area contributed by atoms with Gasteiger partial charge < -0.3 is 4.74 Å². The Morgan fingerprint density at radius 3 is 2.58 bits per heavy atom. The Morgan fingerprint density at radius 2 is 2.00 bits per heavy atom. The molecule has 1 saturated heterocycles. The van der Waals surface area contributed by atoms with Gasteiger partial charge in [0.05, 0.1) is 17.1 Å². The van der Waals surface area contributed by atoms with Gasteiger partial charge in [-0.2, -0.15) is 4.31 Å². The zero-order valence-electron chi connectivity index (χ0n) is 10.4. The lowest BCUT2D eigenvalue weighted by Gasteiger charge is -2.35. The highest BCUT2D eigenvalue weighted by Gasteiger charge is 2.33. The summed E-state index contributed by atoms with van der Waals surface area (Å²) in [4.78, 5) is 0.108. The van der Waals surface area contributed by atoms with Gasteiger partial charge in [-0.15, -0.1) is 0 Å². The Morgan fingerprint density at radius 1 is 1.37 bits per heavy atom. The zero-order chi connectivity index (χ0) is 14.0. The number of morpholine rings is 1. The lowest BCUT2D eigenvalue weighted by Crippen LogP contribution is -2.49. The van der Waals surface area contributed by atoms with Crippen molar-refractivity contribution in [3.8, 4) is 0 Å². The lowest BCUT2D eigenvalue weighted by atomic mass is 10.3. The van der Waals surface area contributed by atoms with E-state index in [0.717, 1.165) is 12.1 Å². The van der Waals surface area contributed by atoms with E-state index in [1.807, 2.05) is 6.92 Å². The molecule has 0 N–H and O–H groups in total. The first-order chi connectivity index (χ1) is 8.93. The summed E-state index contributed by atoms with van der Waals surface area (Å²) < 4.78 is 44.7. The molecule has 2 unspecified atom stereocenters. The largest absolute Gasteiger partial charge is 0.372 e. The van der Waals surface area contributed by atoms with Crippen molar-refractivity contribution in [2.24, 2.45) is 0 Å². The summed E-state index contributed by atoms with van der Waals surface area (Å²) >= 11 is 3.30. The van der Waals surface area contributed by atoms with E-state index in [1.165, 1.54) is 16.4 Å². The highest BCUT2D eigenvalue weighted by molar-refractivity contribution is 9.09. The van der Waals surface area contributed by atoms with Crippen molar-refractivity contribution < 1.29 is 17.5 Å². The van der Waals surface area contributed by atoms with Gasteiger partial charge in [0.2, 0.25) is 10.0 Å². The van der Waals surface area contributed by atoms with Crippen molar-refractivity contribution in [3.05, 3.63) is 30.1 Å². The van der Waals surface area contributed by atoms with E-state index in [9.17, 15) is 12.8 Å². The van der Waals surface area contributed by atoms with Gasteiger partial charge in [0.25, 0.3) is 0 Å². The Bertz CT molecular complexity index is 534. The van der Waals surface area contributed by atoms with Crippen LogP contribution < -0.4 is 0 Å². The number of hydrogen-bond donors (Lipinski definition) is 0. The van der Waals surface area contributed by atoms with Gasteiger partial charge in [-0.05, 0) is 31.2 Å². The van der Waals surface area contributed by atoms with Gasteiger partial charge in [-0.25, -0.2) is 12.8 Å². The maximum Gasteiger partial charge on any atom is 0.243 e.